The number of hydrogen-bond donors (Lipinski definition) is 3. The van der Waals surface area contributed by atoms with Crippen molar-refractivity contribution < 1.29 is 44.0 Å². The zero-order valence-corrected chi connectivity index (χ0v) is 23.5. The predicted octanol–water partition coefficient (Wildman–Crippen LogP) is 2.50. The topological polar surface area (TPSA) is 151 Å². The van der Waals surface area contributed by atoms with Gasteiger partial charge in [0.15, 0.2) is 0 Å². The van der Waals surface area contributed by atoms with E-state index in [1.165, 1.54) is 24.8 Å². The first-order valence-corrected chi connectivity index (χ1v) is 13.5. The number of rotatable bonds is 6. The van der Waals surface area contributed by atoms with Crippen LogP contribution < -0.4 is 0 Å². The van der Waals surface area contributed by atoms with Crippen molar-refractivity contribution in [2.75, 3.05) is 19.7 Å². The van der Waals surface area contributed by atoms with E-state index in [-0.39, 0.29) is 38.3 Å². The summed E-state index contributed by atoms with van der Waals surface area (Å²) in [5, 5.41) is 30.9. The van der Waals surface area contributed by atoms with Crippen LogP contribution in [0.1, 0.15) is 60.3 Å². The molecule has 39 heavy (non-hydrogen) atoms. The Labute approximate surface area is 230 Å². The molecule has 0 spiro atoms. The Hall–Kier alpha value is -2.82. The number of allylic oxidation sites excluding steroid dienone is 4. The summed E-state index contributed by atoms with van der Waals surface area (Å²) in [6.45, 7) is 8.96. The van der Waals surface area contributed by atoms with E-state index in [4.69, 9.17) is 9.47 Å². The van der Waals surface area contributed by atoms with Gasteiger partial charge in [-0.05, 0) is 45.1 Å². The Kier molecular flexibility index (Phi) is 12.1. The molecule has 0 aromatic rings. The van der Waals surface area contributed by atoms with Gasteiger partial charge in [-0.3, -0.25) is 14.4 Å². The molecule has 0 unspecified atom stereocenters. The molecule has 2 aliphatic rings. The maximum atomic E-state index is 13.2. The van der Waals surface area contributed by atoms with Gasteiger partial charge in [0.05, 0.1) is 24.7 Å². The zero-order valence-electron chi connectivity index (χ0n) is 23.5. The van der Waals surface area contributed by atoms with Gasteiger partial charge in [0.2, 0.25) is 11.6 Å². The van der Waals surface area contributed by atoms with Crippen LogP contribution in [0.4, 0.5) is 4.79 Å². The van der Waals surface area contributed by atoms with Crippen LogP contribution >= 0.6 is 0 Å². The molecule has 2 rings (SSSR count). The lowest BCUT2D eigenvalue weighted by Gasteiger charge is -2.32. The molecule has 1 saturated heterocycles. The van der Waals surface area contributed by atoms with Crippen molar-refractivity contribution in [2.24, 2.45) is 17.8 Å². The van der Waals surface area contributed by atoms with E-state index in [9.17, 15) is 34.5 Å². The van der Waals surface area contributed by atoms with Gasteiger partial charge in [0.1, 0.15) is 11.7 Å². The number of carbonyl (C=O) groups is 4. The molecule has 10 heteroatoms. The van der Waals surface area contributed by atoms with Crippen LogP contribution in [-0.2, 0) is 23.9 Å². The minimum absolute atomic E-state index is 0.0518. The Morgan fingerprint density at radius 2 is 1.87 bits per heavy atom. The summed E-state index contributed by atoms with van der Waals surface area (Å²) in [6.07, 6.45) is 5.65. The molecule has 0 radical (unpaired) electrons. The fraction of sp³-hybridized carbons (Fsp3) is 0.655. The minimum atomic E-state index is -1.48. The van der Waals surface area contributed by atoms with Crippen LogP contribution in [0.25, 0.3) is 0 Å². The van der Waals surface area contributed by atoms with Gasteiger partial charge in [-0.2, -0.15) is 0 Å². The first-order valence-electron chi connectivity index (χ1n) is 13.5. The predicted molar refractivity (Wildman–Crippen MR) is 143 cm³/mol. The lowest BCUT2D eigenvalue weighted by atomic mass is 9.79. The van der Waals surface area contributed by atoms with Crippen molar-refractivity contribution in [1.82, 2.24) is 4.90 Å². The second-order valence-electron chi connectivity index (χ2n) is 11.0. The molecule has 1 heterocycles. The first-order chi connectivity index (χ1) is 18.2. The van der Waals surface area contributed by atoms with Crippen LogP contribution in [0.5, 0.6) is 0 Å². The Bertz CT molecular complexity index is 983. The summed E-state index contributed by atoms with van der Waals surface area (Å²) in [4.78, 5) is 51.2. The highest BCUT2D eigenvalue weighted by atomic mass is 16.6. The molecular weight excluding hydrogens is 506 g/mol. The molecule has 1 aliphatic carbocycles. The maximum Gasteiger partial charge on any atom is 0.409 e. The van der Waals surface area contributed by atoms with Crippen molar-refractivity contribution in [3.63, 3.8) is 0 Å². The molecule has 1 fully saturated rings. The van der Waals surface area contributed by atoms with Crippen molar-refractivity contribution in [2.45, 2.75) is 84.2 Å². The largest absolute Gasteiger partial charge is 0.455 e. The van der Waals surface area contributed by atoms with Crippen molar-refractivity contribution >= 4 is 23.6 Å². The van der Waals surface area contributed by atoms with E-state index >= 15 is 0 Å². The summed E-state index contributed by atoms with van der Waals surface area (Å²) in [7, 11) is 0. The molecule has 0 bridgehead atoms. The van der Waals surface area contributed by atoms with Crippen molar-refractivity contribution in [3.05, 3.63) is 36.0 Å². The monoisotopic (exact) mass is 549 g/mol. The SMILES string of the molecule is CC(=O)O[C@H]1/C=C/[C@H](C)[C@@H](/C(C)=C/C=C/[C@@H](C)COC(=O)N2CC[C@@H](O)C2)C(=O)C(=O)C[C@@H](O)CC[C@]1(C)O. The first kappa shape index (κ1) is 32.4. The summed E-state index contributed by atoms with van der Waals surface area (Å²) >= 11 is 0. The van der Waals surface area contributed by atoms with Crippen LogP contribution in [-0.4, -0.2) is 87.5 Å². The van der Waals surface area contributed by atoms with Gasteiger partial charge in [0.25, 0.3) is 0 Å². The average Bonchev–Trinajstić information content (AvgIpc) is 3.29. The lowest BCUT2D eigenvalue weighted by molar-refractivity contribution is -0.156. The van der Waals surface area contributed by atoms with E-state index in [2.05, 4.69) is 0 Å². The molecule has 7 atom stereocenters. The number of amides is 1. The van der Waals surface area contributed by atoms with E-state index in [1.807, 2.05) is 13.0 Å². The second kappa shape index (κ2) is 14.5. The number of aliphatic hydroxyl groups is 3. The summed E-state index contributed by atoms with van der Waals surface area (Å²) in [5.74, 6) is -3.33. The van der Waals surface area contributed by atoms with Crippen LogP contribution in [0.15, 0.2) is 36.0 Å². The number of ether oxygens (including phenoxy) is 2. The van der Waals surface area contributed by atoms with Gasteiger partial charge >= 0.3 is 12.1 Å². The van der Waals surface area contributed by atoms with E-state index in [1.54, 1.807) is 32.1 Å². The van der Waals surface area contributed by atoms with E-state index in [0.717, 1.165) is 0 Å². The number of ketones is 2. The Balaban J connectivity index is 2.18. The minimum Gasteiger partial charge on any atom is -0.455 e. The molecule has 1 aliphatic heterocycles. The quantitative estimate of drug-likeness (QED) is 0.196. The Morgan fingerprint density at radius 3 is 2.49 bits per heavy atom. The van der Waals surface area contributed by atoms with Gasteiger partial charge in [-0.15, -0.1) is 0 Å². The molecule has 3 N–H and O–H groups in total. The van der Waals surface area contributed by atoms with E-state index < -0.39 is 59.4 Å². The fourth-order valence-corrected chi connectivity index (χ4v) is 4.75. The highest BCUT2D eigenvalue weighted by molar-refractivity contribution is 6.38. The standard InChI is InChI=1S/C29H43NO9/c1-18(17-38-28(36)30-14-12-23(33)16-30)7-6-8-19(2)26-20(3)9-10-25(39-21(4)31)29(5,37)13-11-22(32)15-24(34)27(26)35/h6-10,18,20,22-23,25-26,32-33,37H,11-17H2,1-5H3/b7-6+,10-9+,19-8+/t18-,20+,22+,23-,25+,26-,29+/m1/s1. The molecular formula is C29H43NO9. The summed E-state index contributed by atoms with van der Waals surface area (Å²) in [6, 6.07) is 0. The van der Waals surface area contributed by atoms with Crippen molar-refractivity contribution in [3.8, 4) is 0 Å². The molecule has 10 nitrogen and oxygen atoms in total. The highest BCUT2D eigenvalue weighted by Crippen LogP contribution is 2.29. The van der Waals surface area contributed by atoms with Gasteiger partial charge in [0, 0.05) is 32.4 Å². The second-order valence-corrected chi connectivity index (χ2v) is 11.0. The number of esters is 1. The number of nitrogens with zero attached hydrogens (tertiary/aromatic N) is 1. The molecule has 0 aromatic carbocycles. The number of Topliss-reactive ketones (excluding diaryl/α,β-unsaturated/α-hetero) is 2. The average molecular weight is 550 g/mol. The Morgan fingerprint density at radius 1 is 1.18 bits per heavy atom. The third-order valence-electron chi connectivity index (χ3n) is 7.16. The third kappa shape index (κ3) is 10.0. The number of aliphatic hydroxyl groups excluding tert-OH is 2. The van der Waals surface area contributed by atoms with Crippen LogP contribution in [0, 0.1) is 17.8 Å². The number of carbonyl (C=O) groups excluding carboxylic acids is 4. The van der Waals surface area contributed by atoms with Crippen LogP contribution in [0.2, 0.25) is 0 Å². The molecule has 218 valence electrons. The number of likely N-dealkylation sites (tertiary alicyclic amines) is 1. The fourth-order valence-electron chi connectivity index (χ4n) is 4.75. The summed E-state index contributed by atoms with van der Waals surface area (Å²) in [5.41, 5.74) is -0.869. The maximum absolute atomic E-state index is 13.2. The normalized spacial score (nSPS) is 32.9. The van der Waals surface area contributed by atoms with Crippen LogP contribution in [0.3, 0.4) is 0 Å². The van der Waals surface area contributed by atoms with E-state index in [0.29, 0.717) is 18.5 Å². The van der Waals surface area contributed by atoms with Gasteiger partial charge in [-0.1, -0.05) is 43.7 Å². The van der Waals surface area contributed by atoms with Crippen molar-refractivity contribution in [1.29, 1.82) is 0 Å². The molecule has 0 aromatic heterocycles. The summed E-state index contributed by atoms with van der Waals surface area (Å²) < 4.78 is 10.6. The number of hydrogen-bond acceptors (Lipinski definition) is 9. The highest BCUT2D eigenvalue weighted by Gasteiger charge is 2.36. The van der Waals surface area contributed by atoms with Gasteiger partial charge < -0.3 is 29.7 Å². The zero-order chi connectivity index (χ0) is 29.3. The van der Waals surface area contributed by atoms with Gasteiger partial charge in [-0.25, -0.2) is 4.79 Å². The number of β-amino-alcohol motifs (C(OH)–C–C–N with tert-alkyl or cyclic N) is 1. The lowest BCUT2D eigenvalue weighted by Crippen LogP contribution is -2.42. The third-order valence-corrected chi connectivity index (χ3v) is 7.16. The molecule has 0 saturated carbocycles. The smallest absolute Gasteiger partial charge is 0.409 e. The molecule has 1 amide bonds.